The van der Waals surface area contributed by atoms with Gasteiger partial charge in [-0.25, -0.2) is 9.67 Å². The van der Waals surface area contributed by atoms with Crippen molar-refractivity contribution < 1.29 is 14.6 Å². The maximum absolute atomic E-state index is 10.1. The van der Waals surface area contributed by atoms with E-state index in [9.17, 15) is 5.11 Å². The molecule has 22 heavy (non-hydrogen) atoms. The van der Waals surface area contributed by atoms with Gasteiger partial charge in [0, 0.05) is 26.1 Å². The molecule has 0 saturated carbocycles. The quantitative estimate of drug-likeness (QED) is 0.869. The Morgan fingerprint density at radius 3 is 2.77 bits per heavy atom. The molecule has 1 aromatic rings. The summed E-state index contributed by atoms with van der Waals surface area (Å²) in [5.74, 6) is 2.06. The molecule has 1 unspecified atom stereocenters. The predicted octanol–water partition coefficient (Wildman–Crippen LogP) is 1.91. The fourth-order valence-electron chi connectivity index (χ4n) is 2.94. The van der Waals surface area contributed by atoms with Gasteiger partial charge in [0.25, 0.3) is 0 Å². The van der Waals surface area contributed by atoms with Crippen LogP contribution in [0, 0.1) is 0 Å². The Morgan fingerprint density at radius 1 is 1.45 bits per heavy atom. The van der Waals surface area contributed by atoms with Gasteiger partial charge >= 0.3 is 0 Å². The van der Waals surface area contributed by atoms with Gasteiger partial charge in [-0.3, -0.25) is 0 Å². The summed E-state index contributed by atoms with van der Waals surface area (Å²) in [5.41, 5.74) is -0.956. The van der Waals surface area contributed by atoms with Gasteiger partial charge in [0.1, 0.15) is 5.82 Å². The number of aliphatic hydroxyl groups is 1. The summed E-state index contributed by atoms with van der Waals surface area (Å²) in [5, 5.41) is 14.7. The van der Waals surface area contributed by atoms with Crippen LogP contribution in [-0.4, -0.2) is 51.4 Å². The van der Waals surface area contributed by atoms with Crippen LogP contribution in [0.15, 0.2) is 0 Å². The Balaban J connectivity index is 2.24. The number of rotatable bonds is 6. The lowest BCUT2D eigenvalue weighted by atomic mass is 9.87. The van der Waals surface area contributed by atoms with E-state index in [0.717, 1.165) is 31.1 Å². The molecule has 0 radical (unpaired) electrons. The minimum absolute atomic E-state index is 0.138. The van der Waals surface area contributed by atoms with E-state index in [1.807, 2.05) is 4.68 Å². The number of hydrogen-bond acceptors (Lipinski definition) is 5. The zero-order valence-electron chi connectivity index (χ0n) is 14.4. The maximum Gasteiger partial charge on any atom is 0.153 e. The summed E-state index contributed by atoms with van der Waals surface area (Å²) < 4.78 is 12.8. The van der Waals surface area contributed by atoms with Gasteiger partial charge in [-0.15, -0.1) is 0 Å². The van der Waals surface area contributed by atoms with Gasteiger partial charge in [-0.1, -0.05) is 0 Å². The van der Waals surface area contributed by atoms with E-state index in [-0.39, 0.29) is 5.60 Å². The Labute approximate surface area is 132 Å². The van der Waals surface area contributed by atoms with Gasteiger partial charge in [0.2, 0.25) is 0 Å². The molecule has 2 heterocycles. The van der Waals surface area contributed by atoms with Crippen LogP contribution in [-0.2, 0) is 22.4 Å². The highest BCUT2D eigenvalue weighted by atomic mass is 16.5. The topological polar surface area (TPSA) is 69.4 Å². The van der Waals surface area contributed by atoms with Crippen molar-refractivity contribution >= 4 is 0 Å². The second-order valence-electron chi connectivity index (χ2n) is 7.40. The molecule has 0 amide bonds. The van der Waals surface area contributed by atoms with Crippen molar-refractivity contribution in [1.82, 2.24) is 14.8 Å². The fraction of sp³-hybridized carbons (Fsp3) is 0.875. The SMILES string of the molecule is COCCc1nc(C2CCOC(C)(C)C2)n(CC(C)(C)O)n1. The number of ether oxygens (including phenoxy) is 2. The predicted molar refractivity (Wildman–Crippen MR) is 83.9 cm³/mol. The van der Waals surface area contributed by atoms with E-state index in [1.54, 1.807) is 21.0 Å². The second-order valence-corrected chi connectivity index (χ2v) is 7.40. The van der Waals surface area contributed by atoms with E-state index in [1.165, 1.54) is 0 Å². The van der Waals surface area contributed by atoms with Crippen LogP contribution in [0.2, 0.25) is 0 Å². The summed E-state index contributed by atoms with van der Waals surface area (Å²) >= 11 is 0. The largest absolute Gasteiger partial charge is 0.389 e. The normalized spacial score (nSPS) is 22.0. The molecule has 0 aliphatic carbocycles. The molecule has 1 aliphatic rings. The van der Waals surface area contributed by atoms with Gasteiger partial charge in [0.15, 0.2) is 5.82 Å². The van der Waals surface area contributed by atoms with E-state index < -0.39 is 5.60 Å². The number of methoxy groups -OCH3 is 1. The van der Waals surface area contributed by atoms with Crippen molar-refractivity contribution in [1.29, 1.82) is 0 Å². The first-order valence-electron chi connectivity index (χ1n) is 7.99. The van der Waals surface area contributed by atoms with Crippen LogP contribution in [0.3, 0.4) is 0 Å². The molecule has 6 heteroatoms. The average Bonchev–Trinajstić information content (AvgIpc) is 2.76. The highest BCUT2D eigenvalue weighted by Crippen LogP contribution is 2.35. The van der Waals surface area contributed by atoms with Crippen LogP contribution in [0.25, 0.3) is 0 Å². The zero-order valence-corrected chi connectivity index (χ0v) is 14.4. The molecule has 0 spiro atoms. The summed E-state index contributed by atoms with van der Waals surface area (Å²) in [6.07, 6.45) is 2.55. The molecule has 0 bridgehead atoms. The third-order valence-electron chi connectivity index (χ3n) is 3.87. The Hall–Kier alpha value is -0.980. The third kappa shape index (κ3) is 4.76. The summed E-state index contributed by atoms with van der Waals surface area (Å²) in [4.78, 5) is 4.73. The first-order chi connectivity index (χ1) is 10.2. The first-order valence-corrected chi connectivity index (χ1v) is 7.99. The summed E-state index contributed by atoms with van der Waals surface area (Å²) in [6, 6.07) is 0. The minimum Gasteiger partial charge on any atom is -0.389 e. The van der Waals surface area contributed by atoms with Gasteiger partial charge in [-0.2, -0.15) is 5.10 Å². The fourth-order valence-corrected chi connectivity index (χ4v) is 2.94. The number of nitrogens with zero attached hydrogens (tertiary/aromatic N) is 3. The van der Waals surface area contributed by atoms with E-state index in [4.69, 9.17) is 14.5 Å². The lowest BCUT2D eigenvalue weighted by Crippen LogP contribution is -2.35. The lowest BCUT2D eigenvalue weighted by molar-refractivity contribution is -0.0611. The monoisotopic (exact) mass is 311 g/mol. The second kappa shape index (κ2) is 6.64. The van der Waals surface area contributed by atoms with Crippen molar-refractivity contribution in [3.63, 3.8) is 0 Å². The molecule has 1 atom stereocenters. The molecule has 1 aliphatic heterocycles. The maximum atomic E-state index is 10.1. The van der Waals surface area contributed by atoms with Crippen molar-refractivity contribution in [2.45, 2.75) is 70.6 Å². The van der Waals surface area contributed by atoms with E-state index >= 15 is 0 Å². The van der Waals surface area contributed by atoms with Crippen LogP contribution in [0.5, 0.6) is 0 Å². The molecule has 1 saturated heterocycles. The van der Waals surface area contributed by atoms with Crippen LogP contribution < -0.4 is 0 Å². The Morgan fingerprint density at radius 2 is 2.18 bits per heavy atom. The molecule has 1 fully saturated rings. The van der Waals surface area contributed by atoms with E-state index in [0.29, 0.717) is 25.5 Å². The molecule has 6 nitrogen and oxygen atoms in total. The van der Waals surface area contributed by atoms with Crippen molar-refractivity contribution in [2.24, 2.45) is 0 Å². The highest BCUT2D eigenvalue weighted by Gasteiger charge is 2.33. The van der Waals surface area contributed by atoms with Crippen LogP contribution in [0.1, 0.15) is 58.1 Å². The van der Waals surface area contributed by atoms with Crippen molar-refractivity contribution in [3.8, 4) is 0 Å². The first kappa shape index (κ1) is 17.4. The van der Waals surface area contributed by atoms with Crippen molar-refractivity contribution in [2.75, 3.05) is 20.3 Å². The number of hydrogen-bond donors (Lipinski definition) is 1. The molecule has 1 aromatic heterocycles. The van der Waals surface area contributed by atoms with Gasteiger partial charge in [-0.05, 0) is 40.5 Å². The van der Waals surface area contributed by atoms with Gasteiger partial charge in [0.05, 0.1) is 24.4 Å². The van der Waals surface area contributed by atoms with Crippen LogP contribution in [0.4, 0.5) is 0 Å². The third-order valence-corrected chi connectivity index (χ3v) is 3.87. The average molecular weight is 311 g/mol. The lowest BCUT2D eigenvalue weighted by Gasteiger charge is -2.35. The molecule has 1 N–H and O–H groups in total. The molecule has 2 rings (SSSR count). The molecule has 126 valence electrons. The Kier molecular flexibility index (Phi) is 5.25. The van der Waals surface area contributed by atoms with E-state index in [2.05, 4.69) is 18.9 Å². The molecular formula is C16H29N3O3. The zero-order chi connectivity index (χ0) is 16.4. The molecular weight excluding hydrogens is 282 g/mol. The summed E-state index contributed by atoms with van der Waals surface area (Å²) in [6.45, 7) is 9.59. The minimum atomic E-state index is -0.818. The van der Waals surface area contributed by atoms with Crippen LogP contribution >= 0.6 is 0 Å². The van der Waals surface area contributed by atoms with Crippen molar-refractivity contribution in [3.05, 3.63) is 11.6 Å². The smallest absolute Gasteiger partial charge is 0.153 e. The standard InChI is InChI=1S/C16H29N3O3/c1-15(2,20)11-19-14(17-13(18-19)7-8-21-5)12-6-9-22-16(3,4)10-12/h12,20H,6-11H2,1-5H3. The summed E-state index contributed by atoms with van der Waals surface area (Å²) in [7, 11) is 1.68. The number of aromatic nitrogens is 3. The molecule has 0 aromatic carbocycles. The van der Waals surface area contributed by atoms with Gasteiger partial charge < -0.3 is 14.6 Å². The highest BCUT2D eigenvalue weighted by molar-refractivity contribution is 5.05. The Bertz CT molecular complexity index is 491.